The monoisotopic (exact) mass is 422 g/mol. The van der Waals surface area contributed by atoms with Gasteiger partial charge in [0.2, 0.25) is 5.91 Å². The van der Waals surface area contributed by atoms with E-state index in [1.165, 1.54) is 10.5 Å². The smallest absolute Gasteiger partial charge is 0.261 e. The van der Waals surface area contributed by atoms with Crippen LogP contribution in [0.4, 0.5) is 11.4 Å². The molecule has 0 bridgehead atoms. The molecular weight excluding hydrogens is 400 g/mol. The van der Waals surface area contributed by atoms with Gasteiger partial charge in [0.05, 0.1) is 24.8 Å². The molecule has 5 nitrogen and oxygen atoms in total. The van der Waals surface area contributed by atoms with Crippen LogP contribution >= 0.6 is 0 Å². The molecule has 3 aromatic rings. The summed E-state index contributed by atoms with van der Waals surface area (Å²) in [5.74, 6) is -0.295. The number of imide groups is 1. The Morgan fingerprint density at radius 3 is 2.47 bits per heavy atom. The fourth-order valence-electron chi connectivity index (χ4n) is 5.33. The van der Waals surface area contributed by atoms with Gasteiger partial charge in [-0.05, 0) is 59.5 Å². The maximum Gasteiger partial charge on any atom is 0.261 e. The van der Waals surface area contributed by atoms with E-state index in [2.05, 4.69) is 23.1 Å². The molecule has 2 amide bonds. The lowest BCUT2D eigenvalue weighted by Gasteiger charge is -2.41. The van der Waals surface area contributed by atoms with Gasteiger partial charge in [-0.3, -0.25) is 9.59 Å². The molecule has 5 heteroatoms. The predicted octanol–water partition coefficient (Wildman–Crippen LogP) is 4.39. The Morgan fingerprint density at radius 1 is 0.906 bits per heavy atom. The summed E-state index contributed by atoms with van der Waals surface area (Å²) in [6.07, 6.45) is 2.83. The molecule has 0 spiro atoms. The summed E-state index contributed by atoms with van der Waals surface area (Å²) >= 11 is 0. The van der Waals surface area contributed by atoms with Crippen LogP contribution in [0, 0.1) is 5.92 Å². The SMILES string of the molecule is COc1ccc(N2C(=O)C3=Cc4ccccc4N4CCc5ccccc5C4C3C2=O)cc1. The topological polar surface area (TPSA) is 49.9 Å². The van der Waals surface area contributed by atoms with Gasteiger partial charge in [-0.2, -0.15) is 0 Å². The molecule has 1 saturated heterocycles. The highest BCUT2D eigenvalue weighted by Crippen LogP contribution is 2.49. The zero-order valence-electron chi connectivity index (χ0n) is 17.7. The molecule has 0 N–H and O–H groups in total. The summed E-state index contributed by atoms with van der Waals surface area (Å²) in [4.78, 5) is 31.2. The third kappa shape index (κ3) is 2.64. The molecule has 1 fully saturated rings. The maximum absolute atomic E-state index is 13.9. The molecule has 2 atom stereocenters. The zero-order chi connectivity index (χ0) is 21.8. The van der Waals surface area contributed by atoms with E-state index in [4.69, 9.17) is 4.74 Å². The van der Waals surface area contributed by atoms with Crippen molar-refractivity contribution in [3.05, 3.63) is 95.1 Å². The van der Waals surface area contributed by atoms with E-state index in [0.717, 1.165) is 29.8 Å². The van der Waals surface area contributed by atoms with Crippen LogP contribution in [-0.2, 0) is 16.0 Å². The quantitative estimate of drug-likeness (QED) is 0.575. The summed E-state index contributed by atoms with van der Waals surface area (Å²) in [5, 5.41) is 0. The zero-order valence-corrected chi connectivity index (χ0v) is 17.7. The third-order valence-electron chi connectivity index (χ3n) is 6.81. The van der Waals surface area contributed by atoms with Crippen molar-refractivity contribution in [1.82, 2.24) is 0 Å². The van der Waals surface area contributed by atoms with Crippen LogP contribution in [0.15, 0.2) is 78.4 Å². The fraction of sp³-hybridized carbons (Fsp3) is 0.185. The van der Waals surface area contributed by atoms with Gasteiger partial charge in [0.15, 0.2) is 0 Å². The van der Waals surface area contributed by atoms with Crippen LogP contribution in [0.2, 0.25) is 0 Å². The van der Waals surface area contributed by atoms with Gasteiger partial charge in [0.1, 0.15) is 5.75 Å². The lowest BCUT2D eigenvalue weighted by molar-refractivity contribution is -0.122. The van der Waals surface area contributed by atoms with E-state index in [0.29, 0.717) is 17.0 Å². The number of fused-ring (bicyclic) bond motifs is 7. The number of hydrogen-bond donors (Lipinski definition) is 0. The van der Waals surface area contributed by atoms with Crippen LogP contribution in [0.5, 0.6) is 5.75 Å². The predicted molar refractivity (Wildman–Crippen MR) is 124 cm³/mol. The van der Waals surface area contributed by atoms with Crippen molar-refractivity contribution in [1.29, 1.82) is 0 Å². The first-order chi connectivity index (χ1) is 15.7. The highest BCUT2D eigenvalue weighted by atomic mass is 16.5. The number of rotatable bonds is 2. The molecule has 0 aromatic heterocycles. The standard InChI is InChI=1S/C27H22N2O3/c1-32-20-12-10-19(11-13-20)29-26(30)22-16-18-7-3-5-9-23(18)28-15-14-17-6-2-4-8-21(17)25(28)24(22)27(29)31/h2-13,16,24-25H,14-15H2,1H3. The van der Waals surface area contributed by atoms with Gasteiger partial charge in [0.25, 0.3) is 5.91 Å². The normalized spacial score (nSPS) is 21.2. The Labute approximate surface area is 186 Å². The van der Waals surface area contributed by atoms with Gasteiger partial charge >= 0.3 is 0 Å². The van der Waals surface area contributed by atoms with Crippen molar-refractivity contribution in [2.75, 3.05) is 23.5 Å². The van der Waals surface area contributed by atoms with Gasteiger partial charge in [0, 0.05) is 17.8 Å². The lowest BCUT2D eigenvalue weighted by Crippen LogP contribution is -2.42. The summed E-state index contributed by atoms with van der Waals surface area (Å²) in [6.45, 7) is 0.806. The van der Waals surface area contributed by atoms with Crippen LogP contribution in [0.1, 0.15) is 22.7 Å². The average molecular weight is 422 g/mol. The van der Waals surface area contributed by atoms with Crippen LogP contribution in [0.3, 0.4) is 0 Å². The first-order valence-corrected chi connectivity index (χ1v) is 10.8. The van der Waals surface area contributed by atoms with E-state index in [1.807, 2.05) is 36.4 Å². The number of nitrogens with zero attached hydrogens (tertiary/aromatic N) is 2. The van der Waals surface area contributed by atoms with Crippen molar-refractivity contribution >= 4 is 29.3 Å². The highest BCUT2D eigenvalue weighted by molar-refractivity contribution is 6.31. The van der Waals surface area contributed by atoms with Gasteiger partial charge < -0.3 is 9.64 Å². The van der Waals surface area contributed by atoms with E-state index < -0.39 is 5.92 Å². The van der Waals surface area contributed by atoms with Crippen LogP contribution in [0.25, 0.3) is 6.08 Å². The summed E-state index contributed by atoms with van der Waals surface area (Å²) < 4.78 is 5.24. The fourth-order valence-corrected chi connectivity index (χ4v) is 5.33. The van der Waals surface area contributed by atoms with Crippen LogP contribution < -0.4 is 14.5 Å². The molecule has 3 aliphatic rings. The minimum atomic E-state index is -0.557. The van der Waals surface area contributed by atoms with E-state index >= 15 is 0 Å². The molecule has 32 heavy (non-hydrogen) atoms. The Balaban J connectivity index is 1.55. The van der Waals surface area contributed by atoms with E-state index in [1.54, 1.807) is 31.4 Å². The molecule has 2 unspecified atom stereocenters. The molecule has 3 heterocycles. The number of amides is 2. The van der Waals surface area contributed by atoms with Crippen LogP contribution in [-0.4, -0.2) is 25.5 Å². The lowest BCUT2D eigenvalue weighted by atomic mass is 9.82. The second kappa shape index (κ2) is 7.09. The first-order valence-electron chi connectivity index (χ1n) is 10.8. The summed E-state index contributed by atoms with van der Waals surface area (Å²) in [5.41, 5.74) is 5.55. The number of methoxy groups -OCH3 is 1. The minimum absolute atomic E-state index is 0.175. The molecule has 0 saturated carbocycles. The Morgan fingerprint density at radius 2 is 1.66 bits per heavy atom. The largest absolute Gasteiger partial charge is 0.497 e. The maximum atomic E-state index is 13.9. The summed E-state index contributed by atoms with van der Waals surface area (Å²) in [7, 11) is 1.59. The second-order valence-corrected chi connectivity index (χ2v) is 8.40. The van der Waals surface area contributed by atoms with E-state index in [-0.39, 0.29) is 17.9 Å². The molecule has 0 aliphatic carbocycles. The highest BCUT2D eigenvalue weighted by Gasteiger charge is 2.52. The number of para-hydroxylation sites is 1. The Bertz CT molecular complexity index is 1280. The molecule has 6 rings (SSSR count). The van der Waals surface area contributed by atoms with Crippen molar-refractivity contribution in [2.45, 2.75) is 12.5 Å². The van der Waals surface area contributed by atoms with Gasteiger partial charge in [-0.15, -0.1) is 0 Å². The second-order valence-electron chi connectivity index (χ2n) is 8.40. The van der Waals surface area contributed by atoms with Gasteiger partial charge in [-0.25, -0.2) is 4.90 Å². The number of anilines is 2. The molecule has 3 aromatic carbocycles. The molecule has 158 valence electrons. The van der Waals surface area contributed by atoms with Crippen molar-refractivity contribution in [3.8, 4) is 5.75 Å². The molecular formula is C27H22N2O3. The third-order valence-corrected chi connectivity index (χ3v) is 6.81. The van der Waals surface area contributed by atoms with Crippen molar-refractivity contribution in [2.24, 2.45) is 5.92 Å². The number of ether oxygens (including phenoxy) is 1. The van der Waals surface area contributed by atoms with Crippen molar-refractivity contribution in [3.63, 3.8) is 0 Å². The first kappa shape index (κ1) is 18.9. The van der Waals surface area contributed by atoms with Gasteiger partial charge in [-0.1, -0.05) is 42.5 Å². The number of benzene rings is 3. The Hall–Kier alpha value is -3.86. The Kier molecular flexibility index (Phi) is 4.18. The average Bonchev–Trinajstić information content (AvgIpc) is 2.98. The van der Waals surface area contributed by atoms with E-state index in [9.17, 15) is 9.59 Å². The minimum Gasteiger partial charge on any atom is -0.497 e. The number of hydrogen-bond acceptors (Lipinski definition) is 4. The number of carbonyl (C=O) groups excluding carboxylic acids is 2. The molecule has 0 radical (unpaired) electrons. The number of carbonyl (C=O) groups is 2. The van der Waals surface area contributed by atoms with Crippen molar-refractivity contribution < 1.29 is 14.3 Å². The molecule has 3 aliphatic heterocycles. The summed E-state index contributed by atoms with van der Waals surface area (Å²) in [6, 6.07) is 23.3.